The Kier molecular flexibility index (Phi) is 5.04. The molecule has 0 radical (unpaired) electrons. The van der Waals surface area contributed by atoms with Crippen molar-refractivity contribution in [2.75, 3.05) is 13.1 Å². The third-order valence-electron chi connectivity index (χ3n) is 4.83. The predicted molar refractivity (Wildman–Crippen MR) is 84.9 cm³/mol. The summed E-state index contributed by atoms with van der Waals surface area (Å²) >= 11 is 1.93. The average Bonchev–Trinajstić information content (AvgIpc) is 3.08. The van der Waals surface area contributed by atoms with Gasteiger partial charge in [0.15, 0.2) is 0 Å². The number of likely N-dealkylation sites (tertiary alicyclic amines) is 1. The summed E-state index contributed by atoms with van der Waals surface area (Å²) in [5.74, 6) is 0. The van der Waals surface area contributed by atoms with E-state index in [2.05, 4.69) is 37.8 Å². The molecule has 2 rings (SSSR count). The molecule has 1 aromatic heterocycles. The van der Waals surface area contributed by atoms with Crippen molar-refractivity contribution in [2.45, 2.75) is 64.5 Å². The monoisotopic (exact) mass is 280 g/mol. The molecule has 2 heterocycles. The van der Waals surface area contributed by atoms with Crippen LogP contribution in [-0.2, 0) is 12.8 Å². The van der Waals surface area contributed by atoms with Crippen molar-refractivity contribution in [3.05, 3.63) is 21.9 Å². The first-order valence-corrected chi connectivity index (χ1v) is 8.50. The fraction of sp³-hybridized carbons (Fsp3) is 0.750. The van der Waals surface area contributed by atoms with E-state index >= 15 is 0 Å². The molecule has 1 aromatic rings. The van der Waals surface area contributed by atoms with Gasteiger partial charge in [-0.1, -0.05) is 13.8 Å². The number of nitrogens with zero attached hydrogens (tertiary/aromatic N) is 1. The number of hydrogen-bond acceptors (Lipinski definition) is 3. The number of thiophene rings is 1. The van der Waals surface area contributed by atoms with Gasteiger partial charge in [-0.05, 0) is 64.3 Å². The van der Waals surface area contributed by atoms with Crippen LogP contribution in [0.3, 0.4) is 0 Å². The number of rotatable bonds is 6. The van der Waals surface area contributed by atoms with Gasteiger partial charge in [0, 0.05) is 21.3 Å². The molecule has 1 aliphatic heterocycles. The zero-order valence-electron chi connectivity index (χ0n) is 12.6. The first-order chi connectivity index (χ1) is 9.10. The second kappa shape index (κ2) is 6.38. The van der Waals surface area contributed by atoms with Gasteiger partial charge in [0.25, 0.3) is 0 Å². The van der Waals surface area contributed by atoms with Gasteiger partial charge in [0.2, 0.25) is 0 Å². The van der Waals surface area contributed by atoms with Gasteiger partial charge in [-0.3, -0.25) is 4.90 Å². The van der Waals surface area contributed by atoms with Crippen LogP contribution in [0, 0.1) is 0 Å². The van der Waals surface area contributed by atoms with Crippen molar-refractivity contribution in [2.24, 2.45) is 5.73 Å². The van der Waals surface area contributed by atoms with Crippen molar-refractivity contribution in [3.8, 4) is 0 Å². The van der Waals surface area contributed by atoms with Crippen molar-refractivity contribution in [1.82, 2.24) is 4.90 Å². The zero-order chi connectivity index (χ0) is 13.9. The standard InChI is InChI=1S/C16H28N2S/c1-4-13-8-9-14(19-13)12-15(17)16(3,5-2)18-10-6-7-11-18/h8-9,15H,4-7,10-12,17H2,1-3H3. The normalized spacial score (nSPS) is 21.5. The van der Waals surface area contributed by atoms with Crippen LogP contribution in [0.1, 0.15) is 49.8 Å². The van der Waals surface area contributed by atoms with Crippen LogP contribution >= 0.6 is 11.3 Å². The van der Waals surface area contributed by atoms with Gasteiger partial charge in [-0.25, -0.2) is 0 Å². The third-order valence-corrected chi connectivity index (χ3v) is 6.08. The van der Waals surface area contributed by atoms with Gasteiger partial charge < -0.3 is 5.73 Å². The Morgan fingerprint density at radius 3 is 2.42 bits per heavy atom. The summed E-state index contributed by atoms with van der Waals surface area (Å²) < 4.78 is 0. The molecule has 2 atom stereocenters. The Balaban J connectivity index is 2.05. The highest BCUT2D eigenvalue weighted by atomic mass is 32.1. The maximum Gasteiger partial charge on any atom is 0.0333 e. The smallest absolute Gasteiger partial charge is 0.0333 e. The molecule has 2 nitrogen and oxygen atoms in total. The lowest BCUT2D eigenvalue weighted by atomic mass is 9.86. The summed E-state index contributed by atoms with van der Waals surface area (Å²) in [4.78, 5) is 5.54. The molecule has 1 fully saturated rings. The molecular weight excluding hydrogens is 252 g/mol. The Morgan fingerprint density at radius 1 is 1.26 bits per heavy atom. The van der Waals surface area contributed by atoms with E-state index in [9.17, 15) is 0 Å². The van der Waals surface area contributed by atoms with Crippen molar-refractivity contribution in [1.29, 1.82) is 0 Å². The predicted octanol–water partition coefficient (Wildman–Crippen LogP) is 3.44. The lowest BCUT2D eigenvalue weighted by Gasteiger charge is -2.43. The summed E-state index contributed by atoms with van der Waals surface area (Å²) in [6.45, 7) is 9.31. The molecule has 19 heavy (non-hydrogen) atoms. The third kappa shape index (κ3) is 3.21. The van der Waals surface area contributed by atoms with Crippen LogP contribution in [0.2, 0.25) is 0 Å². The van der Waals surface area contributed by atoms with Crippen molar-refractivity contribution in [3.63, 3.8) is 0 Å². The molecule has 0 amide bonds. The second-order valence-electron chi connectivity index (χ2n) is 5.94. The quantitative estimate of drug-likeness (QED) is 0.865. The Bertz CT molecular complexity index is 395. The van der Waals surface area contributed by atoms with E-state index in [4.69, 9.17) is 5.73 Å². The van der Waals surface area contributed by atoms with Gasteiger partial charge in [0.05, 0.1) is 0 Å². The fourth-order valence-electron chi connectivity index (χ4n) is 3.11. The molecule has 2 unspecified atom stereocenters. The molecule has 1 saturated heterocycles. The van der Waals surface area contributed by atoms with Crippen LogP contribution in [0.4, 0.5) is 0 Å². The van der Waals surface area contributed by atoms with Crippen LogP contribution in [0.15, 0.2) is 12.1 Å². The number of aryl methyl sites for hydroxylation is 1. The van der Waals surface area contributed by atoms with E-state index in [1.54, 1.807) is 0 Å². The molecule has 0 bridgehead atoms. The van der Waals surface area contributed by atoms with E-state index in [-0.39, 0.29) is 11.6 Å². The topological polar surface area (TPSA) is 29.3 Å². The Hall–Kier alpha value is -0.380. The lowest BCUT2D eigenvalue weighted by molar-refractivity contribution is 0.100. The minimum absolute atomic E-state index is 0.160. The van der Waals surface area contributed by atoms with Crippen LogP contribution in [-0.4, -0.2) is 29.6 Å². The minimum Gasteiger partial charge on any atom is -0.326 e. The number of hydrogen-bond donors (Lipinski definition) is 1. The Morgan fingerprint density at radius 2 is 1.89 bits per heavy atom. The van der Waals surface area contributed by atoms with E-state index in [1.165, 1.54) is 35.7 Å². The lowest BCUT2D eigenvalue weighted by Crippen LogP contribution is -2.57. The molecule has 1 aliphatic rings. The minimum atomic E-state index is 0.160. The first kappa shape index (κ1) is 15.0. The molecule has 108 valence electrons. The second-order valence-corrected chi connectivity index (χ2v) is 7.19. The summed E-state index contributed by atoms with van der Waals surface area (Å²) in [6, 6.07) is 4.76. The van der Waals surface area contributed by atoms with Crippen LogP contribution in [0.5, 0.6) is 0 Å². The fourth-order valence-corrected chi connectivity index (χ4v) is 4.12. The molecule has 0 aromatic carbocycles. The van der Waals surface area contributed by atoms with Crippen molar-refractivity contribution >= 4 is 11.3 Å². The molecule has 2 N–H and O–H groups in total. The SMILES string of the molecule is CCc1ccc(CC(N)C(C)(CC)N2CCCC2)s1. The zero-order valence-corrected chi connectivity index (χ0v) is 13.4. The maximum atomic E-state index is 6.59. The van der Waals surface area contributed by atoms with Crippen LogP contribution in [0.25, 0.3) is 0 Å². The molecule has 3 heteroatoms. The van der Waals surface area contributed by atoms with E-state index in [0.29, 0.717) is 0 Å². The summed E-state index contributed by atoms with van der Waals surface area (Å²) in [5, 5.41) is 0. The van der Waals surface area contributed by atoms with E-state index in [1.807, 2.05) is 11.3 Å². The average molecular weight is 280 g/mol. The molecule has 0 saturated carbocycles. The van der Waals surface area contributed by atoms with Gasteiger partial charge in [0.1, 0.15) is 0 Å². The maximum absolute atomic E-state index is 6.59. The molecular formula is C16H28N2S. The highest BCUT2D eigenvalue weighted by Gasteiger charge is 2.37. The molecule has 0 spiro atoms. The summed E-state index contributed by atoms with van der Waals surface area (Å²) in [5.41, 5.74) is 6.75. The van der Waals surface area contributed by atoms with Gasteiger partial charge >= 0.3 is 0 Å². The molecule has 0 aliphatic carbocycles. The number of nitrogens with two attached hydrogens (primary N) is 1. The van der Waals surface area contributed by atoms with Crippen LogP contribution < -0.4 is 5.73 Å². The van der Waals surface area contributed by atoms with Crippen molar-refractivity contribution < 1.29 is 0 Å². The highest BCUT2D eigenvalue weighted by molar-refractivity contribution is 7.11. The first-order valence-electron chi connectivity index (χ1n) is 7.68. The summed E-state index contributed by atoms with van der Waals surface area (Å²) in [6.07, 6.45) is 5.96. The summed E-state index contributed by atoms with van der Waals surface area (Å²) in [7, 11) is 0. The highest BCUT2D eigenvalue weighted by Crippen LogP contribution is 2.30. The van der Waals surface area contributed by atoms with E-state index in [0.717, 1.165) is 19.3 Å². The van der Waals surface area contributed by atoms with Gasteiger partial charge in [-0.15, -0.1) is 11.3 Å². The largest absolute Gasteiger partial charge is 0.326 e. The Labute approximate surface area is 122 Å². The van der Waals surface area contributed by atoms with Gasteiger partial charge in [-0.2, -0.15) is 0 Å². The van der Waals surface area contributed by atoms with E-state index < -0.39 is 0 Å².